The Balaban J connectivity index is 0.00000306. The summed E-state index contributed by atoms with van der Waals surface area (Å²) in [6.45, 7) is 4.87. The van der Waals surface area contributed by atoms with Crippen LogP contribution in [0.25, 0.3) is 22.5 Å². The van der Waals surface area contributed by atoms with E-state index in [4.69, 9.17) is 0 Å². The van der Waals surface area contributed by atoms with E-state index in [-0.39, 0.29) is 18.1 Å². The highest BCUT2D eigenvalue weighted by Crippen LogP contribution is 2.30. The largest absolute Gasteiger partial charge is 0.476 e. The molecule has 0 aliphatic rings. The summed E-state index contributed by atoms with van der Waals surface area (Å²) in [5, 5.41) is 31.5. The molecule has 0 amide bonds. The van der Waals surface area contributed by atoms with Gasteiger partial charge in [0, 0.05) is 18.7 Å². The molecule has 0 atom stereocenters. The number of hydrogen-bond acceptors (Lipinski definition) is 8. The highest BCUT2D eigenvalue weighted by Gasteiger charge is 2.21. The molecule has 10 nitrogen and oxygen atoms in total. The van der Waals surface area contributed by atoms with Crippen LogP contribution in [-0.4, -0.2) is 53.4 Å². The quantitative estimate of drug-likeness (QED) is 0.399. The number of carboxylic acid groups (broad SMARTS) is 1. The molecule has 2 N–H and O–H groups in total. The van der Waals surface area contributed by atoms with Gasteiger partial charge in [-0.3, -0.25) is 0 Å². The first kappa shape index (κ1) is 23.7. The molecule has 0 aliphatic heterocycles. The van der Waals surface area contributed by atoms with Crippen LogP contribution in [0.5, 0.6) is 0 Å². The highest BCUT2D eigenvalue weighted by atomic mass is 35.5. The third-order valence-corrected chi connectivity index (χ3v) is 4.92. The number of carbonyl (C=O) groups is 1. The molecule has 0 aliphatic carbocycles. The van der Waals surface area contributed by atoms with Crippen molar-refractivity contribution in [2.45, 2.75) is 26.8 Å². The lowest BCUT2D eigenvalue weighted by molar-refractivity contribution is 0.0689. The predicted molar refractivity (Wildman–Crippen MR) is 125 cm³/mol. The molecule has 0 saturated heterocycles. The fourth-order valence-corrected chi connectivity index (χ4v) is 3.50. The third-order valence-electron chi connectivity index (χ3n) is 4.92. The Bertz CT molecular complexity index is 1220. The second-order valence-electron chi connectivity index (χ2n) is 7.24. The maximum Gasteiger partial charge on any atom is 0.360 e. The summed E-state index contributed by atoms with van der Waals surface area (Å²) in [7, 11) is 0. The maximum atomic E-state index is 11.6. The van der Waals surface area contributed by atoms with Crippen LogP contribution in [0.15, 0.2) is 48.5 Å². The number of aromatic carboxylic acids is 1. The summed E-state index contributed by atoms with van der Waals surface area (Å²) < 4.78 is 0. The van der Waals surface area contributed by atoms with E-state index in [1.807, 2.05) is 60.4 Å². The lowest BCUT2D eigenvalue weighted by atomic mass is 9.98. The second kappa shape index (κ2) is 10.6. The van der Waals surface area contributed by atoms with E-state index in [2.05, 4.69) is 35.8 Å². The van der Waals surface area contributed by atoms with Crippen LogP contribution in [0.4, 0.5) is 5.82 Å². The fraction of sp³-hybridized carbons (Fsp3) is 0.227. The van der Waals surface area contributed by atoms with Crippen molar-refractivity contribution >= 4 is 24.2 Å². The molecule has 0 unspecified atom stereocenters. The zero-order valence-electron chi connectivity index (χ0n) is 18.1. The van der Waals surface area contributed by atoms with E-state index in [0.717, 1.165) is 28.7 Å². The maximum absolute atomic E-state index is 11.6. The van der Waals surface area contributed by atoms with Crippen molar-refractivity contribution < 1.29 is 9.90 Å². The fourth-order valence-electron chi connectivity index (χ4n) is 3.50. The number of nitrogens with zero attached hydrogens (tertiary/aromatic N) is 7. The Labute approximate surface area is 196 Å². The normalized spacial score (nSPS) is 10.5. The van der Waals surface area contributed by atoms with Gasteiger partial charge in [-0.2, -0.15) is 5.21 Å². The smallest absolute Gasteiger partial charge is 0.360 e. The average molecular weight is 467 g/mol. The number of rotatable bonds is 8. The minimum absolute atomic E-state index is 0. The van der Waals surface area contributed by atoms with Crippen molar-refractivity contribution in [1.29, 1.82) is 0 Å². The molecule has 4 rings (SSSR count). The summed E-state index contributed by atoms with van der Waals surface area (Å²) >= 11 is 0. The summed E-state index contributed by atoms with van der Waals surface area (Å²) in [5.41, 5.74) is 3.77. The second-order valence-corrected chi connectivity index (χ2v) is 7.24. The van der Waals surface area contributed by atoms with Crippen molar-refractivity contribution in [3.05, 3.63) is 65.6 Å². The number of H-pyrrole nitrogens is 1. The number of hydrogen-bond donors (Lipinski definition) is 2. The van der Waals surface area contributed by atoms with Crippen molar-refractivity contribution in [1.82, 2.24) is 35.8 Å². The lowest BCUT2D eigenvalue weighted by Gasteiger charge is -2.24. The van der Waals surface area contributed by atoms with Gasteiger partial charge in [-0.15, -0.1) is 32.8 Å². The van der Waals surface area contributed by atoms with Crippen LogP contribution in [0.2, 0.25) is 0 Å². The number of nitrogens with one attached hydrogen (secondary N) is 1. The molecule has 0 radical (unpaired) electrons. The number of aromatic amines is 1. The topological polar surface area (TPSA) is 134 Å². The molecule has 11 heteroatoms. The Morgan fingerprint density at radius 1 is 1.03 bits per heavy atom. The van der Waals surface area contributed by atoms with Gasteiger partial charge in [0.2, 0.25) is 11.5 Å². The van der Waals surface area contributed by atoms with Gasteiger partial charge < -0.3 is 10.0 Å². The average Bonchev–Trinajstić information content (AvgIpc) is 3.34. The van der Waals surface area contributed by atoms with Gasteiger partial charge in [0.1, 0.15) is 5.82 Å². The first-order valence-corrected chi connectivity index (χ1v) is 10.2. The van der Waals surface area contributed by atoms with Gasteiger partial charge in [-0.25, -0.2) is 9.78 Å². The molecule has 4 aromatic rings. The van der Waals surface area contributed by atoms with Gasteiger partial charge in [0.15, 0.2) is 5.82 Å². The van der Waals surface area contributed by atoms with E-state index < -0.39 is 5.97 Å². The lowest BCUT2D eigenvalue weighted by Crippen LogP contribution is -2.28. The summed E-state index contributed by atoms with van der Waals surface area (Å²) in [6, 6.07) is 16.0. The number of tetrazole rings is 1. The summed E-state index contributed by atoms with van der Waals surface area (Å²) in [5.74, 6) is 0.152. The number of aryl methyl sites for hydroxylation is 1. The van der Waals surface area contributed by atoms with Gasteiger partial charge >= 0.3 is 5.97 Å². The summed E-state index contributed by atoms with van der Waals surface area (Å²) in [4.78, 5) is 17.9. The Hall–Kier alpha value is -3.92. The van der Waals surface area contributed by atoms with Crippen LogP contribution < -0.4 is 4.90 Å². The van der Waals surface area contributed by atoms with Crippen molar-refractivity contribution in [3.63, 3.8) is 0 Å². The third kappa shape index (κ3) is 5.29. The first-order chi connectivity index (χ1) is 15.6. The van der Waals surface area contributed by atoms with Crippen LogP contribution >= 0.6 is 12.4 Å². The number of benzene rings is 2. The van der Waals surface area contributed by atoms with Gasteiger partial charge in [-0.05, 0) is 35.2 Å². The molecule has 0 spiro atoms. The van der Waals surface area contributed by atoms with Gasteiger partial charge in [-0.1, -0.05) is 55.5 Å². The van der Waals surface area contributed by atoms with E-state index in [1.54, 1.807) is 6.92 Å². The van der Waals surface area contributed by atoms with E-state index in [0.29, 0.717) is 30.6 Å². The SMILES string of the molecule is CCCN(Cc1ccc(-c2ccccc2-c2nn[nH]n2)cc1)c1nc(C)nnc1C(=O)O.Cl. The molecule has 2 heterocycles. The standard InChI is InChI=1S/C22H22N8O2.ClH/c1-3-12-30(21-19(22(31)32)25-24-14(2)23-21)13-15-8-10-16(11-9-15)17-6-4-5-7-18(17)20-26-28-29-27-20;/h4-11H,3,12-13H2,1-2H3,(H,31,32)(H,26,27,28,29);1H. The molecule has 2 aromatic heterocycles. The number of halogens is 1. The number of carboxylic acids is 1. The van der Waals surface area contributed by atoms with Crippen molar-refractivity contribution in [2.75, 3.05) is 11.4 Å². The van der Waals surface area contributed by atoms with Crippen molar-refractivity contribution in [3.8, 4) is 22.5 Å². The molecule has 0 saturated carbocycles. The van der Waals surface area contributed by atoms with Crippen molar-refractivity contribution in [2.24, 2.45) is 0 Å². The van der Waals surface area contributed by atoms with Gasteiger partial charge in [0.25, 0.3) is 0 Å². The molecule has 0 fully saturated rings. The molecular formula is C22H23ClN8O2. The molecular weight excluding hydrogens is 444 g/mol. The molecule has 2 aromatic carbocycles. The van der Waals surface area contributed by atoms with Crippen LogP contribution in [0.3, 0.4) is 0 Å². The highest BCUT2D eigenvalue weighted by molar-refractivity contribution is 5.90. The van der Waals surface area contributed by atoms with E-state index in [9.17, 15) is 9.90 Å². The Morgan fingerprint density at radius 3 is 2.39 bits per heavy atom. The molecule has 0 bridgehead atoms. The monoisotopic (exact) mass is 466 g/mol. The minimum atomic E-state index is -1.14. The van der Waals surface area contributed by atoms with E-state index in [1.165, 1.54) is 0 Å². The zero-order valence-corrected chi connectivity index (χ0v) is 19.0. The predicted octanol–water partition coefficient (Wildman–Crippen LogP) is 3.56. The molecule has 33 heavy (non-hydrogen) atoms. The van der Waals surface area contributed by atoms with Crippen LogP contribution in [0.1, 0.15) is 35.2 Å². The summed E-state index contributed by atoms with van der Waals surface area (Å²) in [6.07, 6.45) is 0.832. The van der Waals surface area contributed by atoms with Gasteiger partial charge in [0.05, 0.1) is 0 Å². The van der Waals surface area contributed by atoms with Crippen LogP contribution in [-0.2, 0) is 6.54 Å². The number of aromatic nitrogens is 7. The zero-order chi connectivity index (χ0) is 22.5. The number of anilines is 1. The van der Waals surface area contributed by atoms with Crippen LogP contribution in [0, 0.1) is 6.92 Å². The van der Waals surface area contributed by atoms with E-state index >= 15 is 0 Å². The Morgan fingerprint density at radius 2 is 1.76 bits per heavy atom. The Kier molecular flexibility index (Phi) is 7.62. The molecule has 170 valence electrons. The minimum Gasteiger partial charge on any atom is -0.476 e. The first-order valence-electron chi connectivity index (χ1n) is 10.2.